The highest BCUT2D eigenvalue weighted by Crippen LogP contribution is 2.54. The number of rotatable bonds is 3. The first kappa shape index (κ1) is 18.3. The van der Waals surface area contributed by atoms with Crippen LogP contribution in [0.5, 0.6) is 5.75 Å². The van der Waals surface area contributed by atoms with Crippen molar-refractivity contribution in [3.05, 3.63) is 29.7 Å². The summed E-state index contributed by atoms with van der Waals surface area (Å²) in [5.41, 5.74) is 6.03. The van der Waals surface area contributed by atoms with Gasteiger partial charge in [0.15, 0.2) is 17.4 Å². The van der Waals surface area contributed by atoms with Gasteiger partial charge >= 0.3 is 5.97 Å². The van der Waals surface area contributed by atoms with Crippen molar-refractivity contribution in [3.8, 4) is 5.75 Å². The van der Waals surface area contributed by atoms with E-state index in [2.05, 4.69) is 0 Å². The van der Waals surface area contributed by atoms with Crippen LogP contribution in [-0.2, 0) is 4.79 Å². The Labute approximate surface area is 161 Å². The Morgan fingerprint density at radius 3 is 2.59 bits per heavy atom. The Kier molecular flexibility index (Phi) is 4.05. The lowest BCUT2D eigenvalue weighted by atomic mass is 10.1. The van der Waals surface area contributed by atoms with Crippen LogP contribution < -0.4 is 20.3 Å². The normalized spacial score (nSPS) is 28.4. The Balaban J connectivity index is 0.00000180. The zero-order valence-electron chi connectivity index (χ0n) is 14.5. The van der Waals surface area contributed by atoms with E-state index in [1.54, 1.807) is 9.80 Å². The summed E-state index contributed by atoms with van der Waals surface area (Å²) in [6.45, 7) is 1.10. The third kappa shape index (κ3) is 2.73. The first-order valence-electron chi connectivity index (χ1n) is 8.83. The van der Waals surface area contributed by atoms with Gasteiger partial charge in [-0.15, -0.1) is 12.4 Å². The molecule has 3 N–H and O–H groups in total. The van der Waals surface area contributed by atoms with Crippen LogP contribution in [-0.4, -0.2) is 36.2 Å². The number of carboxylic acids is 1. The minimum Gasteiger partial charge on any atom is -0.475 e. The monoisotopic (exact) mass is 399 g/mol. The van der Waals surface area contributed by atoms with E-state index in [0.717, 1.165) is 31.7 Å². The number of hydrogen-bond acceptors (Lipinski definition) is 5. The summed E-state index contributed by atoms with van der Waals surface area (Å²) in [5.74, 6) is -3.13. The fraction of sp³-hybridized carbons (Fsp3) is 0.500. The molecule has 2 aliphatic heterocycles. The molecule has 2 unspecified atom stereocenters. The summed E-state index contributed by atoms with van der Waals surface area (Å²) < 4.78 is 35.4. The molecule has 0 radical (unpaired) electrons. The number of nitrogens with zero attached hydrogens (tertiary/aromatic N) is 2. The molecular formula is C18H20ClF2N3O3. The maximum absolute atomic E-state index is 15.4. The minimum absolute atomic E-state index is 0. The molecule has 4 aliphatic rings. The van der Waals surface area contributed by atoms with Crippen molar-refractivity contribution in [1.82, 2.24) is 0 Å². The molecule has 0 aromatic heterocycles. The predicted molar refractivity (Wildman–Crippen MR) is 97.3 cm³/mol. The van der Waals surface area contributed by atoms with E-state index in [-0.39, 0.29) is 52.8 Å². The quantitative estimate of drug-likeness (QED) is 0.813. The van der Waals surface area contributed by atoms with Crippen molar-refractivity contribution >= 4 is 29.8 Å². The largest absolute Gasteiger partial charge is 0.475 e. The molecule has 0 amide bonds. The fourth-order valence-corrected chi connectivity index (χ4v) is 4.20. The number of carboxylic acid groups (broad SMARTS) is 1. The molecule has 1 spiro atoms. The molecule has 1 aromatic carbocycles. The second kappa shape index (κ2) is 5.97. The average molecular weight is 400 g/mol. The highest BCUT2D eigenvalue weighted by molar-refractivity contribution is 5.88. The molecule has 27 heavy (non-hydrogen) atoms. The zero-order chi connectivity index (χ0) is 18.2. The Bertz CT molecular complexity index is 861. The van der Waals surface area contributed by atoms with Crippen molar-refractivity contribution in [2.24, 2.45) is 11.1 Å². The summed E-state index contributed by atoms with van der Waals surface area (Å²) in [6, 6.07) is 1.21. The van der Waals surface area contributed by atoms with E-state index < -0.39 is 17.6 Å². The standard InChI is InChI=1S/C18H19F2N3O3.ClH/c19-10-5-11-16(23(9-1-2-9)7-12(26-11)17(24)25)14(20)15(10)22-4-3-18(8-22)6-13(18)21;/h5,7,9,13H,1-4,6,8,21H2,(H,24,25);1H. The van der Waals surface area contributed by atoms with E-state index in [0.29, 0.717) is 13.1 Å². The van der Waals surface area contributed by atoms with Gasteiger partial charge in [0, 0.05) is 36.7 Å². The van der Waals surface area contributed by atoms with Crippen LogP contribution in [0.2, 0.25) is 0 Å². The maximum Gasteiger partial charge on any atom is 0.373 e. The van der Waals surface area contributed by atoms with Crippen molar-refractivity contribution in [2.45, 2.75) is 37.8 Å². The number of carbonyl (C=O) groups is 1. The van der Waals surface area contributed by atoms with Crippen LogP contribution in [0, 0.1) is 17.0 Å². The summed E-state index contributed by atoms with van der Waals surface area (Å²) in [5, 5.41) is 9.21. The lowest BCUT2D eigenvalue weighted by molar-refractivity contribution is -0.135. The first-order chi connectivity index (χ1) is 12.4. The van der Waals surface area contributed by atoms with Crippen LogP contribution in [0.15, 0.2) is 18.0 Å². The topological polar surface area (TPSA) is 79.0 Å². The molecule has 2 heterocycles. The van der Waals surface area contributed by atoms with E-state index in [1.807, 2.05) is 0 Å². The number of nitrogens with two attached hydrogens (primary N) is 1. The summed E-state index contributed by atoms with van der Waals surface area (Å²) in [4.78, 5) is 14.6. The number of aliphatic carboxylic acids is 1. The van der Waals surface area contributed by atoms with Crippen molar-refractivity contribution in [1.29, 1.82) is 0 Å². The van der Waals surface area contributed by atoms with E-state index >= 15 is 4.39 Å². The second-order valence-corrected chi connectivity index (χ2v) is 7.75. The van der Waals surface area contributed by atoms with Crippen LogP contribution in [0.4, 0.5) is 20.2 Å². The fourth-order valence-electron chi connectivity index (χ4n) is 4.20. The van der Waals surface area contributed by atoms with Gasteiger partial charge in [0.2, 0.25) is 5.76 Å². The van der Waals surface area contributed by atoms with Crippen molar-refractivity contribution in [2.75, 3.05) is 22.9 Å². The van der Waals surface area contributed by atoms with E-state index in [1.165, 1.54) is 6.20 Å². The average Bonchev–Trinajstić information content (AvgIpc) is 3.47. The van der Waals surface area contributed by atoms with Gasteiger partial charge in [-0.3, -0.25) is 0 Å². The van der Waals surface area contributed by atoms with Gasteiger partial charge in [-0.2, -0.15) is 0 Å². The van der Waals surface area contributed by atoms with Gasteiger partial charge in [0.05, 0.1) is 6.20 Å². The number of benzene rings is 1. The predicted octanol–water partition coefficient (Wildman–Crippen LogP) is 2.60. The summed E-state index contributed by atoms with van der Waals surface area (Å²) >= 11 is 0. The number of fused-ring (bicyclic) bond motifs is 1. The Hall–Kier alpha value is -2.06. The molecule has 0 bridgehead atoms. The van der Waals surface area contributed by atoms with Gasteiger partial charge < -0.3 is 25.4 Å². The zero-order valence-corrected chi connectivity index (χ0v) is 15.3. The number of anilines is 2. The Morgan fingerprint density at radius 1 is 1.33 bits per heavy atom. The third-order valence-electron chi connectivity index (χ3n) is 5.97. The summed E-state index contributed by atoms with van der Waals surface area (Å²) in [7, 11) is 0. The molecule has 3 fully saturated rings. The molecule has 2 atom stereocenters. The van der Waals surface area contributed by atoms with Crippen molar-refractivity contribution in [3.63, 3.8) is 0 Å². The molecule has 5 rings (SSSR count). The highest BCUT2D eigenvalue weighted by atomic mass is 35.5. The lowest BCUT2D eigenvalue weighted by Crippen LogP contribution is -2.30. The van der Waals surface area contributed by atoms with Gasteiger partial charge in [-0.1, -0.05) is 0 Å². The maximum atomic E-state index is 15.4. The molecule has 9 heteroatoms. The molecular weight excluding hydrogens is 380 g/mol. The van der Waals surface area contributed by atoms with E-state index in [4.69, 9.17) is 10.5 Å². The van der Waals surface area contributed by atoms with Gasteiger partial charge in [-0.05, 0) is 25.7 Å². The SMILES string of the molecule is Cl.NC1CC12CCN(c1c(F)cc3c(c1F)N(C1CC1)C=C(C(=O)O)O3)C2. The summed E-state index contributed by atoms with van der Waals surface area (Å²) in [6.07, 6.45) is 4.68. The molecule has 1 saturated heterocycles. The van der Waals surface area contributed by atoms with E-state index in [9.17, 15) is 14.3 Å². The number of halogens is 3. The number of ether oxygens (including phenoxy) is 1. The third-order valence-corrected chi connectivity index (χ3v) is 5.97. The van der Waals surface area contributed by atoms with Crippen molar-refractivity contribution < 1.29 is 23.4 Å². The Morgan fingerprint density at radius 2 is 2.04 bits per heavy atom. The molecule has 1 aromatic rings. The first-order valence-corrected chi connectivity index (χ1v) is 8.83. The molecule has 2 aliphatic carbocycles. The molecule has 146 valence electrons. The van der Waals surface area contributed by atoms with Crippen LogP contribution in [0.3, 0.4) is 0 Å². The van der Waals surface area contributed by atoms with Gasteiger partial charge in [0.25, 0.3) is 0 Å². The second-order valence-electron chi connectivity index (χ2n) is 7.75. The molecule has 2 saturated carbocycles. The molecule has 6 nitrogen and oxygen atoms in total. The van der Waals surface area contributed by atoms with Gasteiger partial charge in [0.1, 0.15) is 11.4 Å². The van der Waals surface area contributed by atoms with Gasteiger partial charge in [-0.25, -0.2) is 13.6 Å². The lowest BCUT2D eigenvalue weighted by Gasteiger charge is -2.31. The minimum atomic E-state index is -1.27. The smallest absolute Gasteiger partial charge is 0.373 e. The van der Waals surface area contributed by atoms with Crippen LogP contribution in [0.1, 0.15) is 25.7 Å². The number of hydrogen-bond donors (Lipinski definition) is 2. The van der Waals surface area contributed by atoms with Crippen LogP contribution >= 0.6 is 12.4 Å². The highest BCUT2D eigenvalue weighted by Gasteiger charge is 2.56. The van der Waals surface area contributed by atoms with Crippen LogP contribution in [0.25, 0.3) is 0 Å².